The minimum atomic E-state index is -4.76. The van der Waals surface area contributed by atoms with E-state index in [1.165, 1.54) is 29.5 Å². The van der Waals surface area contributed by atoms with Crippen LogP contribution in [0.1, 0.15) is 30.5 Å². The third-order valence-electron chi connectivity index (χ3n) is 6.50. The molecule has 0 aliphatic carbocycles. The van der Waals surface area contributed by atoms with Crippen LogP contribution < -0.4 is 10.9 Å². The van der Waals surface area contributed by atoms with Crippen LogP contribution in [0.15, 0.2) is 11.1 Å². The number of alkyl carbamates (subject to hydrolysis) is 1. The molecular weight excluding hydrogens is 543 g/mol. The summed E-state index contributed by atoms with van der Waals surface area (Å²) in [6.07, 6.45) is -2.00. The molecule has 1 fully saturated rings. The second-order valence-corrected chi connectivity index (χ2v) is 10.2. The highest BCUT2D eigenvalue weighted by atomic mass is 31.2. The SMILES string of the molecule is COC(=O)N[C@@H](CCc1c(C)nc2n(C)c3c(ncn3[C@H]3C[C@H](O)[C@@H](COP(=O)(O)O)O3)c(=O)n12)C(=O)OC. The maximum Gasteiger partial charge on any atom is 0.469 e. The van der Waals surface area contributed by atoms with Gasteiger partial charge in [0.25, 0.3) is 5.56 Å². The van der Waals surface area contributed by atoms with Crippen molar-refractivity contribution >= 4 is 36.8 Å². The van der Waals surface area contributed by atoms with Crippen molar-refractivity contribution in [2.24, 2.45) is 7.05 Å². The van der Waals surface area contributed by atoms with Gasteiger partial charge in [0.2, 0.25) is 5.78 Å². The number of nitrogens with one attached hydrogen (secondary N) is 1. The van der Waals surface area contributed by atoms with Crippen LogP contribution in [0.4, 0.5) is 4.79 Å². The number of phosphoric acid groups is 1. The number of nitrogens with zero attached hydrogens (tertiary/aromatic N) is 5. The van der Waals surface area contributed by atoms with E-state index in [4.69, 9.17) is 19.3 Å². The number of imidazole rings is 2. The monoisotopic (exact) mass is 572 g/mol. The topological polar surface area (TPSA) is 218 Å². The molecule has 39 heavy (non-hydrogen) atoms. The van der Waals surface area contributed by atoms with E-state index in [-0.39, 0.29) is 30.6 Å². The lowest BCUT2D eigenvalue weighted by molar-refractivity contribution is -0.143. The average molecular weight is 572 g/mol. The number of methoxy groups -OCH3 is 2. The van der Waals surface area contributed by atoms with Crippen LogP contribution >= 0.6 is 7.82 Å². The number of aromatic nitrogens is 5. The fourth-order valence-electron chi connectivity index (χ4n) is 4.61. The summed E-state index contributed by atoms with van der Waals surface area (Å²) in [5.41, 5.74) is 0.963. The molecule has 1 aliphatic heterocycles. The first-order valence-corrected chi connectivity index (χ1v) is 13.3. The predicted octanol–water partition coefficient (Wildman–Crippen LogP) is -0.721. The molecule has 1 aliphatic rings. The zero-order valence-electron chi connectivity index (χ0n) is 21.5. The van der Waals surface area contributed by atoms with Gasteiger partial charge in [0.1, 0.15) is 18.4 Å². The van der Waals surface area contributed by atoms with Crippen molar-refractivity contribution in [1.82, 2.24) is 28.8 Å². The fourth-order valence-corrected chi connectivity index (χ4v) is 4.95. The second kappa shape index (κ2) is 11.0. The number of esters is 1. The number of carbonyl (C=O) groups excluding carboxylic acids is 2. The Labute approximate surface area is 220 Å². The summed E-state index contributed by atoms with van der Waals surface area (Å²) >= 11 is 0. The summed E-state index contributed by atoms with van der Waals surface area (Å²) in [6.45, 7) is 1.18. The van der Waals surface area contributed by atoms with Crippen LogP contribution in [0.5, 0.6) is 0 Å². The molecule has 1 saturated heterocycles. The highest BCUT2D eigenvalue weighted by Crippen LogP contribution is 2.38. The Kier molecular flexibility index (Phi) is 8.11. The number of aryl methyl sites for hydroxylation is 3. The Balaban J connectivity index is 1.67. The lowest BCUT2D eigenvalue weighted by atomic mass is 10.1. The molecule has 0 radical (unpaired) electrons. The van der Waals surface area contributed by atoms with Crippen LogP contribution in [0.3, 0.4) is 0 Å². The predicted molar refractivity (Wildman–Crippen MR) is 131 cm³/mol. The number of hydrogen-bond acceptors (Lipinski definition) is 11. The van der Waals surface area contributed by atoms with Gasteiger partial charge in [-0.05, 0) is 19.8 Å². The number of aliphatic hydroxyl groups is 1. The number of aliphatic hydroxyl groups excluding tert-OH is 1. The lowest BCUT2D eigenvalue weighted by Gasteiger charge is -2.17. The quantitative estimate of drug-likeness (QED) is 0.184. The van der Waals surface area contributed by atoms with Gasteiger partial charge in [-0.3, -0.25) is 18.5 Å². The Hall–Kier alpha value is -3.34. The average Bonchev–Trinajstić information content (AvgIpc) is 3.58. The van der Waals surface area contributed by atoms with E-state index in [0.29, 0.717) is 17.0 Å². The van der Waals surface area contributed by atoms with Gasteiger partial charge in [-0.15, -0.1) is 0 Å². The first-order valence-electron chi connectivity index (χ1n) is 11.8. The highest BCUT2D eigenvalue weighted by molar-refractivity contribution is 7.46. The van der Waals surface area contributed by atoms with Crippen molar-refractivity contribution in [3.63, 3.8) is 0 Å². The van der Waals surface area contributed by atoms with Gasteiger partial charge in [-0.2, -0.15) is 0 Å². The standard InChI is InChI=1S/C21H29N6O11P/c1-10-12(6-5-11(19(30)35-3)24-21(31)36-4)27-18(29)16-17(25(2)20(27)23-10)26(9-22-16)15-7-13(28)14(38-15)8-37-39(32,33)34/h9,11,13-15,28H,5-8H2,1-4H3,(H,24,31)(H2,32,33,34)/t11-,13-,14+,15+/m0/s1. The van der Waals surface area contributed by atoms with Gasteiger partial charge in [-0.1, -0.05) is 0 Å². The van der Waals surface area contributed by atoms with Crippen molar-refractivity contribution < 1.29 is 47.8 Å². The Bertz CT molecular complexity index is 1510. The zero-order chi connectivity index (χ0) is 28.6. The van der Waals surface area contributed by atoms with Crippen LogP contribution in [0.25, 0.3) is 16.9 Å². The van der Waals surface area contributed by atoms with Gasteiger partial charge >= 0.3 is 19.9 Å². The van der Waals surface area contributed by atoms with Crippen molar-refractivity contribution in [1.29, 1.82) is 0 Å². The van der Waals surface area contributed by atoms with Crippen LogP contribution in [0, 0.1) is 6.92 Å². The van der Waals surface area contributed by atoms with Gasteiger partial charge in [-0.25, -0.2) is 28.5 Å². The Morgan fingerprint density at radius 1 is 1.31 bits per heavy atom. The van der Waals surface area contributed by atoms with E-state index >= 15 is 0 Å². The molecule has 4 rings (SSSR count). The largest absolute Gasteiger partial charge is 0.469 e. The first kappa shape index (κ1) is 28.7. The van der Waals surface area contributed by atoms with Crippen LogP contribution in [-0.2, 0) is 41.6 Å². The summed E-state index contributed by atoms with van der Waals surface area (Å²) < 4.78 is 35.1. The molecular formula is C21H29N6O11P. The van der Waals surface area contributed by atoms with Crippen molar-refractivity contribution in [3.05, 3.63) is 28.1 Å². The molecule has 4 atom stereocenters. The summed E-state index contributed by atoms with van der Waals surface area (Å²) in [5, 5.41) is 12.8. The van der Waals surface area contributed by atoms with Crippen molar-refractivity contribution in [2.75, 3.05) is 20.8 Å². The fraction of sp³-hybridized carbons (Fsp3) is 0.571. The van der Waals surface area contributed by atoms with Crippen molar-refractivity contribution in [3.8, 4) is 0 Å². The zero-order valence-corrected chi connectivity index (χ0v) is 22.4. The normalized spacial score (nSPS) is 20.4. The molecule has 0 unspecified atom stereocenters. The van der Waals surface area contributed by atoms with Crippen LogP contribution in [0.2, 0.25) is 0 Å². The molecule has 4 heterocycles. The Morgan fingerprint density at radius 3 is 2.67 bits per heavy atom. The summed E-state index contributed by atoms with van der Waals surface area (Å²) in [6, 6.07) is -1.02. The molecule has 0 bridgehead atoms. The molecule has 18 heteroatoms. The molecule has 3 aromatic rings. The summed E-state index contributed by atoms with van der Waals surface area (Å²) in [5.74, 6) is -0.401. The molecule has 3 aromatic heterocycles. The van der Waals surface area contributed by atoms with Gasteiger partial charge in [0.05, 0.1) is 44.6 Å². The molecule has 0 saturated carbocycles. The molecule has 0 spiro atoms. The third-order valence-corrected chi connectivity index (χ3v) is 6.99. The maximum atomic E-state index is 13.6. The number of ether oxygens (including phenoxy) is 3. The summed E-state index contributed by atoms with van der Waals surface area (Å²) in [4.78, 5) is 64.1. The molecule has 4 N–H and O–H groups in total. The van der Waals surface area contributed by atoms with Gasteiger partial charge < -0.3 is 34.4 Å². The maximum absolute atomic E-state index is 13.6. The molecule has 0 aromatic carbocycles. The number of fused-ring (bicyclic) bond motifs is 2. The number of amides is 1. The van der Waals surface area contributed by atoms with Gasteiger partial charge in [0.15, 0.2) is 11.2 Å². The second-order valence-electron chi connectivity index (χ2n) is 8.94. The third kappa shape index (κ3) is 5.68. The molecule has 214 valence electrons. The minimum absolute atomic E-state index is 0.0564. The van der Waals surface area contributed by atoms with E-state index in [0.717, 1.165) is 0 Å². The minimum Gasteiger partial charge on any atom is -0.467 e. The van der Waals surface area contributed by atoms with E-state index < -0.39 is 56.5 Å². The number of hydrogen-bond donors (Lipinski definition) is 4. The smallest absolute Gasteiger partial charge is 0.467 e. The highest BCUT2D eigenvalue weighted by Gasteiger charge is 2.38. The van der Waals surface area contributed by atoms with Crippen LogP contribution in [-0.4, -0.2) is 89.5 Å². The molecule has 1 amide bonds. The Morgan fingerprint density at radius 2 is 2.03 bits per heavy atom. The van der Waals surface area contributed by atoms with Crippen molar-refractivity contribution in [2.45, 2.75) is 50.7 Å². The number of rotatable bonds is 9. The lowest BCUT2D eigenvalue weighted by Crippen LogP contribution is -2.41. The molecule has 17 nitrogen and oxygen atoms in total. The first-order chi connectivity index (χ1) is 18.4. The number of carbonyl (C=O) groups is 2. The van der Waals surface area contributed by atoms with E-state index in [9.17, 15) is 24.1 Å². The van der Waals surface area contributed by atoms with E-state index in [1.54, 1.807) is 18.5 Å². The number of phosphoric ester groups is 1. The van der Waals surface area contributed by atoms with E-state index in [1.807, 2.05) is 0 Å². The van der Waals surface area contributed by atoms with E-state index in [2.05, 4.69) is 24.5 Å². The van der Waals surface area contributed by atoms with Gasteiger partial charge in [0, 0.05) is 13.5 Å². The summed E-state index contributed by atoms with van der Waals surface area (Å²) in [7, 11) is -0.730.